The van der Waals surface area contributed by atoms with Gasteiger partial charge in [-0.3, -0.25) is 9.59 Å². The molecular weight excluding hydrogens is 254 g/mol. The van der Waals surface area contributed by atoms with Crippen molar-refractivity contribution in [3.05, 3.63) is 29.6 Å². The van der Waals surface area contributed by atoms with Gasteiger partial charge in [-0.25, -0.2) is 4.98 Å². The highest BCUT2D eigenvalue weighted by Gasteiger charge is 2.11. The van der Waals surface area contributed by atoms with Gasteiger partial charge in [-0.1, -0.05) is 26.8 Å². The maximum absolute atomic E-state index is 11.9. The molecule has 0 aliphatic heterocycles. The first kappa shape index (κ1) is 16.1. The Labute approximate surface area is 120 Å². The molecule has 5 heteroatoms. The Kier molecular flexibility index (Phi) is 6.70. The van der Waals surface area contributed by atoms with Gasteiger partial charge in [0.25, 0.3) is 11.8 Å². The number of pyridine rings is 1. The topological polar surface area (TPSA) is 71.1 Å². The summed E-state index contributed by atoms with van der Waals surface area (Å²) in [5.74, 6) is 0.0499. The van der Waals surface area contributed by atoms with E-state index in [-0.39, 0.29) is 23.2 Å². The SMILES string of the molecule is CCCNC(=O)c1cccc(C(=O)NCCC(C)C)n1. The van der Waals surface area contributed by atoms with E-state index in [9.17, 15) is 9.59 Å². The third-order valence-electron chi connectivity index (χ3n) is 2.76. The summed E-state index contributed by atoms with van der Waals surface area (Å²) in [5, 5.41) is 5.55. The Bertz CT molecular complexity index is 458. The summed E-state index contributed by atoms with van der Waals surface area (Å²) < 4.78 is 0. The molecule has 1 rings (SSSR count). The monoisotopic (exact) mass is 277 g/mol. The fraction of sp³-hybridized carbons (Fsp3) is 0.533. The average Bonchev–Trinajstić information content (AvgIpc) is 2.44. The van der Waals surface area contributed by atoms with Gasteiger partial charge in [-0.05, 0) is 30.9 Å². The molecule has 0 aliphatic rings. The van der Waals surface area contributed by atoms with Gasteiger partial charge in [0.15, 0.2) is 0 Å². The smallest absolute Gasteiger partial charge is 0.269 e. The molecule has 0 fully saturated rings. The first-order chi connectivity index (χ1) is 9.54. The summed E-state index contributed by atoms with van der Waals surface area (Å²) in [6.07, 6.45) is 1.78. The van der Waals surface area contributed by atoms with Crippen LogP contribution in [0.3, 0.4) is 0 Å². The molecule has 0 saturated heterocycles. The molecule has 0 aromatic carbocycles. The number of amides is 2. The minimum absolute atomic E-state index is 0.240. The fourth-order valence-electron chi connectivity index (χ4n) is 1.58. The lowest BCUT2D eigenvalue weighted by atomic mass is 10.1. The van der Waals surface area contributed by atoms with Gasteiger partial charge in [0.1, 0.15) is 11.4 Å². The van der Waals surface area contributed by atoms with E-state index < -0.39 is 0 Å². The normalized spacial score (nSPS) is 10.4. The van der Waals surface area contributed by atoms with Gasteiger partial charge in [-0.2, -0.15) is 0 Å². The first-order valence-corrected chi connectivity index (χ1v) is 7.08. The summed E-state index contributed by atoms with van der Waals surface area (Å²) in [5.41, 5.74) is 0.549. The van der Waals surface area contributed by atoms with Crippen molar-refractivity contribution in [2.24, 2.45) is 5.92 Å². The second-order valence-electron chi connectivity index (χ2n) is 5.10. The minimum Gasteiger partial charge on any atom is -0.351 e. The molecule has 2 amide bonds. The number of carbonyl (C=O) groups excluding carboxylic acids is 2. The van der Waals surface area contributed by atoms with Crippen LogP contribution in [0.1, 0.15) is 54.6 Å². The van der Waals surface area contributed by atoms with Gasteiger partial charge in [-0.15, -0.1) is 0 Å². The summed E-state index contributed by atoms with van der Waals surface area (Å²) in [6, 6.07) is 4.89. The zero-order valence-corrected chi connectivity index (χ0v) is 12.4. The van der Waals surface area contributed by atoms with Crippen LogP contribution in [0.2, 0.25) is 0 Å². The van der Waals surface area contributed by atoms with E-state index in [1.807, 2.05) is 6.92 Å². The quantitative estimate of drug-likeness (QED) is 0.800. The molecule has 1 aromatic rings. The number of carbonyl (C=O) groups is 2. The van der Waals surface area contributed by atoms with Gasteiger partial charge in [0, 0.05) is 13.1 Å². The van der Waals surface area contributed by atoms with Crippen molar-refractivity contribution in [2.45, 2.75) is 33.6 Å². The zero-order chi connectivity index (χ0) is 15.0. The number of hydrogen-bond donors (Lipinski definition) is 2. The molecule has 0 atom stereocenters. The minimum atomic E-state index is -0.247. The van der Waals surface area contributed by atoms with Gasteiger partial charge >= 0.3 is 0 Å². The van der Waals surface area contributed by atoms with Gasteiger partial charge in [0.05, 0.1) is 0 Å². The van der Waals surface area contributed by atoms with E-state index in [0.717, 1.165) is 12.8 Å². The highest BCUT2D eigenvalue weighted by atomic mass is 16.2. The molecule has 0 aliphatic carbocycles. The van der Waals surface area contributed by atoms with Crippen molar-refractivity contribution >= 4 is 11.8 Å². The number of aromatic nitrogens is 1. The van der Waals surface area contributed by atoms with E-state index >= 15 is 0 Å². The van der Waals surface area contributed by atoms with Crippen LogP contribution in [0.25, 0.3) is 0 Å². The van der Waals surface area contributed by atoms with Crippen molar-refractivity contribution in [2.75, 3.05) is 13.1 Å². The molecule has 1 aromatic heterocycles. The summed E-state index contributed by atoms with van der Waals surface area (Å²) in [7, 11) is 0. The molecule has 0 radical (unpaired) electrons. The van der Waals surface area contributed by atoms with Crippen molar-refractivity contribution in [3.8, 4) is 0 Å². The number of nitrogens with one attached hydrogen (secondary N) is 2. The van der Waals surface area contributed by atoms with Crippen LogP contribution in [-0.2, 0) is 0 Å². The maximum atomic E-state index is 11.9. The second kappa shape index (κ2) is 8.30. The predicted octanol–water partition coefficient (Wildman–Crippen LogP) is 2.00. The van der Waals surface area contributed by atoms with Crippen molar-refractivity contribution in [1.82, 2.24) is 15.6 Å². The van der Waals surface area contributed by atoms with Crippen LogP contribution in [0.5, 0.6) is 0 Å². The third kappa shape index (κ3) is 5.38. The van der Waals surface area contributed by atoms with E-state index in [0.29, 0.717) is 19.0 Å². The molecule has 110 valence electrons. The maximum Gasteiger partial charge on any atom is 0.269 e. The summed E-state index contributed by atoms with van der Waals surface area (Å²) in [6.45, 7) is 7.40. The van der Waals surface area contributed by atoms with Gasteiger partial charge < -0.3 is 10.6 Å². The highest BCUT2D eigenvalue weighted by molar-refractivity contribution is 5.96. The molecule has 1 heterocycles. The second-order valence-corrected chi connectivity index (χ2v) is 5.10. The molecule has 0 spiro atoms. The lowest BCUT2D eigenvalue weighted by Gasteiger charge is -2.08. The Hall–Kier alpha value is -1.91. The van der Waals surface area contributed by atoms with Crippen LogP contribution >= 0.6 is 0 Å². The third-order valence-corrected chi connectivity index (χ3v) is 2.76. The lowest BCUT2D eigenvalue weighted by Crippen LogP contribution is -2.28. The number of rotatable bonds is 7. The number of nitrogens with zero attached hydrogens (tertiary/aromatic N) is 1. The van der Waals surface area contributed by atoms with E-state index in [1.54, 1.807) is 18.2 Å². The molecule has 20 heavy (non-hydrogen) atoms. The average molecular weight is 277 g/mol. The Balaban J connectivity index is 2.62. The Morgan fingerprint density at radius 3 is 2.15 bits per heavy atom. The van der Waals surface area contributed by atoms with Crippen molar-refractivity contribution < 1.29 is 9.59 Å². The highest BCUT2D eigenvalue weighted by Crippen LogP contribution is 2.01. The van der Waals surface area contributed by atoms with Crippen LogP contribution in [0.4, 0.5) is 0 Å². The lowest BCUT2D eigenvalue weighted by molar-refractivity contribution is 0.0943. The first-order valence-electron chi connectivity index (χ1n) is 7.08. The van der Waals surface area contributed by atoms with Crippen LogP contribution in [-0.4, -0.2) is 29.9 Å². The van der Waals surface area contributed by atoms with E-state index in [2.05, 4.69) is 29.5 Å². The van der Waals surface area contributed by atoms with E-state index in [1.165, 1.54) is 0 Å². The van der Waals surface area contributed by atoms with Crippen molar-refractivity contribution in [3.63, 3.8) is 0 Å². The predicted molar refractivity (Wildman–Crippen MR) is 78.6 cm³/mol. The molecule has 2 N–H and O–H groups in total. The van der Waals surface area contributed by atoms with Crippen molar-refractivity contribution in [1.29, 1.82) is 0 Å². The van der Waals surface area contributed by atoms with Gasteiger partial charge in [0.2, 0.25) is 0 Å². The zero-order valence-electron chi connectivity index (χ0n) is 12.4. The van der Waals surface area contributed by atoms with Crippen LogP contribution in [0, 0.1) is 5.92 Å². The Morgan fingerprint density at radius 1 is 1.10 bits per heavy atom. The summed E-state index contributed by atoms with van der Waals surface area (Å²) in [4.78, 5) is 27.8. The largest absolute Gasteiger partial charge is 0.351 e. The van der Waals surface area contributed by atoms with Crippen LogP contribution < -0.4 is 10.6 Å². The molecular formula is C15H23N3O2. The molecule has 0 unspecified atom stereocenters. The molecule has 5 nitrogen and oxygen atoms in total. The molecule has 0 bridgehead atoms. The van der Waals surface area contributed by atoms with E-state index in [4.69, 9.17) is 0 Å². The standard InChI is InChI=1S/C15H23N3O2/c1-4-9-16-14(19)12-6-5-7-13(18-12)15(20)17-10-8-11(2)3/h5-7,11H,4,8-10H2,1-3H3,(H,16,19)(H,17,20). The Morgan fingerprint density at radius 2 is 1.65 bits per heavy atom. The van der Waals surface area contributed by atoms with Crippen LogP contribution in [0.15, 0.2) is 18.2 Å². The fourth-order valence-corrected chi connectivity index (χ4v) is 1.58. The number of hydrogen-bond acceptors (Lipinski definition) is 3. The molecule has 0 saturated carbocycles. The summed E-state index contributed by atoms with van der Waals surface area (Å²) >= 11 is 0.